The van der Waals surface area contributed by atoms with E-state index in [0.29, 0.717) is 12.1 Å². The van der Waals surface area contributed by atoms with E-state index >= 15 is 0 Å². The number of benzene rings is 3. The Bertz CT molecular complexity index is 999. The zero-order valence-corrected chi connectivity index (χ0v) is 17.6. The van der Waals surface area contributed by atoms with Crippen molar-refractivity contribution in [2.24, 2.45) is 0 Å². The second-order valence-corrected chi connectivity index (χ2v) is 8.64. The Balaban J connectivity index is 1.91. The lowest BCUT2D eigenvalue weighted by molar-refractivity contribution is 0.0582. The Morgan fingerprint density at radius 1 is 0.867 bits per heavy atom. The van der Waals surface area contributed by atoms with E-state index in [-0.39, 0.29) is 0 Å². The van der Waals surface area contributed by atoms with Gasteiger partial charge in [-0.05, 0) is 43.9 Å². The number of carbonyl (C=O) groups excluding carboxylic acids is 1. The van der Waals surface area contributed by atoms with Gasteiger partial charge in [0.1, 0.15) is 11.2 Å². The number of ether oxygens (including phenoxy) is 1. The number of aliphatic hydroxyl groups is 1. The molecule has 1 amide bonds. The van der Waals surface area contributed by atoms with E-state index in [1.54, 1.807) is 4.90 Å². The summed E-state index contributed by atoms with van der Waals surface area (Å²) in [5.74, 6) is 0. The van der Waals surface area contributed by atoms with E-state index in [1.807, 2.05) is 99.6 Å². The largest absolute Gasteiger partial charge is 0.443 e. The first-order valence-corrected chi connectivity index (χ1v) is 10.3. The molecule has 0 aromatic heterocycles. The molecular formula is C26H27NO3. The quantitative estimate of drug-likeness (QED) is 0.609. The van der Waals surface area contributed by atoms with Crippen molar-refractivity contribution in [3.05, 3.63) is 101 Å². The van der Waals surface area contributed by atoms with E-state index in [4.69, 9.17) is 4.74 Å². The van der Waals surface area contributed by atoms with Crippen LogP contribution in [0.3, 0.4) is 0 Å². The molecule has 4 nitrogen and oxygen atoms in total. The number of nitrogens with zero attached hydrogens (tertiary/aromatic N) is 1. The van der Waals surface area contributed by atoms with Gasteiger partial charge in [0, 0.05) is 12.1 Å². The van der Waals surface area contributed by atoms with Crippen molar-refractivity contribution < 1.29 is 14.6 Å². The minimum atomic E-state index is -1.40. The van der Waals surface area contributed by atoms with Crippen molar-refractivity contribution in [1.82, 2.24) is 0 Å². The molecule has 4 rings (SSSR count). The van der Waals surface area contributed by atoms with Crippen LogP contribution in [0.1, 0.15) is 43.0 Å². The molecule has 3 aromatic rings. The van der Waals surface area contributed by atoms with Crippen LogP contribution in [0.15, 0.2) is 78.9 Å². The molecule has 0 saturated heterocycles. The molecule has 0 aliphatic carbocycles. The van der Waals surface area contributed by atoms with Crippen molar-refractivity contribution in [1.29, 1.82) is 0 Å². The van der Waals surface area contributed by atoms with Crippen molar-refractivity contribution in [2.45, 2.75) is 38.4 Å². The highest BCUT2D eigenvalue weighted by atomic mass is 16.6. The molecule has 0 radical (unpaired) electrons. The molecule has 154 valence electrons. The molecule has 0 fully saturated rings. The van der Waals surface area contributed by atoms with Crippen LogP contribution in [0.25, 0.3) is 0 Å². The molecular weight excluding hydrogens is 374 g/mol. The standard InChI is InChI=1S/C26H27NO3/c1-25(2,3)30-24(28)27-18-17-19-11-10-16-22(23(19)27)26(29,20-12-6-4-7-13-20)21-14-8-5-9-15-21/h4-16,29H,17-18H2,1-3H3. The second kappa shape index (κ2) is 7.62. The molecule has 1 aliphatic rings. The Morgan fingerprint density at radius 3 is 1.97 bits per heavy atom. The monoisotopic (exact) mass is 401 g/mol. The Kier molecular flexibility index (Phi) is 5.12. The van der Waals surface area contributed by atoms with Gasteiger partial charge in [-0.25, -0.2) is 4.79 Å². The summed E-state index contributed by atoms with van der Waals surface area (Å²) in [6, 6.07) is 25.0. The lowest BCUT2D eigenvalue weighted by Gasteiger charge is -2.34. The van der Waals surface area contributed by atoms with Crippen LogP contribution in [-0.4, -0.2) is 23.3 Å². The number of anilines is 1. The van der Waals surface area contributed by atoms with Crippen molar-refractivity contribution >= 4 is 11.8 Å². The molecule has 4 heteroatoms. The zero-order valence-electron chi connectivity index (χ0n) is 17.6. The topological polar surface area (TPSA) is 49.8 Å². The highest BCUT2D eigenvalue weighted by Crippen LogP contribution is 2.44. The summed E-state index contributed by atoms with van der Waals surface area (Å²) in [5, 5.41) is 12.2. The number of carbonyl (C=O) groups is 1. The summed E-state index contributed by atoms with van der Waals surface area (Å²) in [5.41, 5.74) is 1.95. The summed E-state index contributed by atoms with van der Waals surface area (Å²) < 4.78 is 5.66. The van der Waals surface area contributed by atoms with E-state index in [2.05, 4.69) is 0 Å². The summed E-state index contributed by atoms with van der Waals surface area (Å²) in [6.45, 7) is 6.11. The molecule has 0 atom stereocenters. The van der Waals surface area contributed by atoms with Crippen LogP contribution in [0, 0.1) is 0 Å². The minimum Gasteiger partial charge on any atom is -0.443 e. The summed E-state index contributed by atoms with van der Waals surface area (Å²) in [4.78, 5) is 14.7. The number of amides is 1. The van der Waals surface area contributed by atoms with Crippen molar-refractivity contribution in [3.63, 3.8) is 0 Å². The molecule has 1 heterocycles. The number of rotatable bonds is 3. The van der Waals surface area contributed by atoms with Gasteiger partial charge in [0.05, 0.1) is 5.69 Å². The highest BCUT2D eigenvalue weighted by molar-refractivity contribution is 5.92. The van der Waals surface area contributed by atoms with Crippen molar-refractivity contribution in [2.75, 3.05) is 11.4 Å². The van der Waals surface area contributed by atoms with E-state index in [1.165, 1.54) is 0 Å². The average molecular weight is 402 g/mol. The summed E-state index contributed by atoms with van der Waals surface area (Å²) in [7, 11) is 0. The van der Waals surface area contributed by atoms with Gasteiger partial charge >= 0.3 is 6.09 Å². The fraction of sp³-hybridized carbons (Fsp3) is 0.269. The van der Waals surface area contributed by atoms with Gasteiger partial charge in [-0.2, -0.15) is 0 Å². The van der Waals surface area contributed by atoms with Crippen LogP contribution in [0.4, 0.5) is 10.5 Å². The third-order valence-electron chi connectivity index (χ3n) is 5.38. The summed E-state index contributed by atoms with van der Waals surface area (Å²) >= 11 is 0. The molecule has 0 spiro atoms. The average Bonchev–Trinajstić information content (AvgIpc) is 3.18. The van der Waals surface area contributed by atoms with Crippen LogP contribution in [-0.2, 0) is 16.8 Å². The lowest BCUT2D eigenvalue weighted by atomic mass is 9.79. The molecule has 3 aromatic carbocycles. The maximum atomic E-state index is 13.0. The fourth-order valence-electron chi connectivity index (χ4n) is 4.08. The third kappa shape index (κ3) is 3.59. The van der Waals surface area contributed by atoms with Gasteiger partial charge in [0.25, 0.3) is 0 Å². The maximum absolute atomic E-state index is 13.0. The smallest absolute Gasteiger partial charge is 0.414 e. The Morgan fingerprint density at radius 2 is 1.43 bits per heavy atom. The predicted molar refractivity (Wildman–Crippen MR) is 119 cm³/mol. The molecule has 1 N–H and O–H groups in total. The fourth-order valence-corrected chi connectivity index (χ4v) is 4.08. The first kappa shape index (κ1) is 20.2. The maximum Gasteiger partial charge on any atom is 0.414 e. The predicted octanol–water partition coefficient (Wildman–Crippen LogP) is 5.27. The lowest BCUT2D eigenvalue weighted by Crippen LogP contribution is -2.38. The highest BCUT2D eigenvalue weighted by Gasteiger charge is 2.40. The normalized spacial score (nSPS) is 13.8. The van der Waals surface area contributed by atoms with Gasteiger partial charge in [-0.1, -0.05) is 78.9 Å². The third-order valence-corrected chi connectivity index (χ3v) is 5.38. The number of hydrogen-bond donors (Lipinski definition) is 1. The number of hydrogen-bond acceptors (Lipinski definition) is 3. The first-order chi connectivity index (χ1) is 14.3. The van der Waals surface area contributed by atoms with Gasteiger partial charge < -0.3 is 9.84 Å². The van der Waals surface area contributed by atoms with Gasteiger partial charge in [-0.15, -0.1) is 0 Å². The SMILES string of the molecule is CC(C)(C)OC(=O)N1CCc2cccc(C(O)(c3ccccc3)c3ccccc3)c21. The molecule has 0 saturated carbocycles. The second-order valence-electron chi connectivity index (χ2n) is 8.64. The molecule has 0 unspecified atom stereocenters. The molecule has 1 aliphatic heterocycles. The van der Waals surface area contributed by atoms with E-state index in [9.17, 15) is 9.90 Å². The number of para-hydroxylation sites is 1. The van der Waals surface area contributed by atoms with E-state index < -0.39 is 17.3 Å². The number of fused-ring (bicyclic) bond motifs is 1. The Hall–Kier alpha value is -3.11. The Labute approximate surface area is 177 Å². The first-order valence-electron chi connectivity index (χ1n) is 10.3. The minimum absolute atomic E-state index is 0.392. The van der Waals surface area contributed by atoms with E-state index in [0.717, 1.165) is 28.8 Å². The summed E-state index contributed by atoms with van der Waals surface area (Å²) in [6.07, 6.45) is 0.333. The van der Waals surface area contributed by atoms with Crippen LogP contribution in [0.5, 0.6) is 0 Å². The van der Waals surface area contributed by atoms with Crippen molar-refractivity contribution in [3.8, 4) is 0 Å². The molecule has 0 bridgehead atoms. The van der Waals surface area contributed by atoms with Crippen LogP contribution in [0.2, 0.25) is 0 Å². The van der Waals surface area contributed by atoms with Crippen LogP contribution >= 0.6 is 0 Å². The van der Waals surface area contributed by atoms with Gasteiger partial charge in [0.2, 0.25) is 0 Å². The van der Waals surface area contributed by atoms with Gasteiger partial charge in [-0.3, -0.25) is 4.90 Å². The van der Waals surface area contributed by atoms with Crippen LogP contribution < -0.4 is 4.90 Å². The zero-order chi connectivity index (χ0) is 21.4. The van der Waals surface area contributed by atoms with Gasteiger partial charge in [0.15, 0.2) is 0 Å². The molecule has 30 heavy (non-hydrogen) atoms.